The Hall–Kier alpha value is -3.74. The highest BCUT2D eigenvalue weighted by molar-refractivity contribution is 6.05. The summed E-state index contributed by atoms with van der Waals surface area (Å²) in [5.74, 6) is 0.478. The van der Waals surface area contributed by atoms with Gasteiger partial charge in [-0.05, 0) is 55.3 Å². The van der Waals surface area contributed by atoms with Crippen LogP contribution in [-0.4, -0.2) is 24.9 Å². The van der Waals surface area contributed by atoms with Gasteiger partial charge in [-0.25, -0.2) is 0 Å². The number of nitrogens with two attached hydrogens (primary N) is 1. The summed E-state index contributed by atoms with van der Waals surface area (Å²) in [5, 5.41) is 2.86. The van der Waals surface area contributed by atoms with E-state index in [1.54, 1.807) is 24.3 Å². The van der Waals surface area contributed by atoms with Crippen LogP contribution in [0.1, 0.15) is 39.5 Å². The first-order valence-corrected chi connectivity index (χ1v) is 9.87. The fraction of sp³-hybridized carbons (Fsp3) is 0.217. The number of amides is 2. The van der Waals surface area contributed by atoms with Gasteiger partial charge in [0.2, 0.25) is 5.91 Å². The lowest BCUT2D eigenvalue weighted by Gasteiger charge is -2.22. The summed E-state index contributed by atoms with van der Waals surface area (Å²) in [6.45, 7) is 2.02. The highest BCUT2D eigenvalue weighted by Gasteiger charge is 2.20. The van der Waals surface area contributed by atoms with E-state index < -0.39 is 11.8 Å². The SMILES string of the molecule is NC(=O)c1ccc(N2CCCC2)c(NC(=O)c2ccc(COc3ccccc3)o2)c1. The molecule has 1 aliphatic rings. The molecule has 154 valence electrons. The molecule has 1 saturated heterocycles. The van der Waals surface area contributed by atoms with Crippen molar-refractivity contribution < 1.29 is 18.7 Å². The highest BCUT2D eigenvalue weighted by Crippen LogP contribution is 2.30. The minimum Gasteiger partial charge on any atom is -0.486 e. The van der Waals surface area contributed by atoms with Crippen LogP contribution in [0.3, 0.4) is 0 Å². The van der Waals surface area contributed by atoms with Crippen LogP contribution in [0.2, 0.25) is 0 Å². The number of ether oxygens (including phenoxy) is 1. The van der Waals surface area contributed by atoms with Crippen LogP contribution in [0.4, 0.5) is 11.4 Å². The molecular weight excluding hydrogens is 382 g/mol. The molecule has 7 heteroatoms. The number of carbonyl (C=O) groups is 2. The zero-order valence-electron chi connectivity index (χ0n) is 16.5. The molecule has 0 aliphatic carbocycles. The Bertz CT molecular complexity index is 1040. The summed E-state index contributed by atoms with van der Waals surface area (Å²) >= 11 is 0. The Kier molecular flexibility index (Phi) is 5.70. The van der Waals surface area contributed by atoms with Gasteiger partial charge >= 0.3 is 0 Å². The first-order chi connectivity index (χ1) is 14.6. The largest absolute Gasteiger partial charge is 0.486 e. The molecule has 3 N–H and O–H groups in total. The van der Waals surface area contributed by atoms with E-state index in [4.69, 9.17) is 14.9 Å². The molecule has 1 aliphatic heterocycles. The molecule has 1 fully saturated rings. The molecule has 7 nitrogen and oxygen atoms in total. The fourth-order valence-corrected chi connectivity index (χ4v) is 3.46. The molecule has 30 heavy (non-hydrogen) atoms. The van der Waals surface area contributed by atoms with Crippen molar-refractivity contribution in [3.63, 3.8) is 0 Å². The third-order valence-corrected chi connectivity index (χ3v) is 4.99. The number of hydrogen-bond acceptors (Lipinski definition) is 5. The summed E-state index contributed by atoms with van der Waals surface area (Å²) in [4.78, 5) is 26.5. The van der Waals surface area contributed by atoms with Crippen molar-refractivity contribution in [2.75, 3.05) is 23.3 Å². The maximum atomic E-state index is 12.8. The minimum absolute atomic E-state index is 0.165. The second-order valence-corrected chi connectivity index (χ2v) is 7.11. The Labute approximate surface area is 174 Å². The second kappa shape index (κ2) is 8.73. The van der Waals surface area contributed by atoms with Crippen molar-refractivity contribution in [3.05, 3.63) is 77.7 Å². The lowest BCUT2D eigenvalue weighted by molar-refractivity contribution is 0.0985. The van der Waals surface area contributed by atoms with Gasteiger partial charge in [0, 0.05) is 18.7 Å². The maximum absolute atomic E-state index is 12.8. The molecular formula is C23H23N3O4. The minimum atomic E-state index is -0.545. The van der Waals surface area contributed by atoms with Gasteiger partial charge in [0.1, 0.15) is 18.1 Å². The molecule has 2 aromatic carbocycles. The number of nitrogens with one attached hydrogen (secondary N) is 1. The van der Waals surface area contributed by atoms with Crippen molar-refractivity contribution in [1.82, 2.24) is 0 Å². The average molecular weight is 405 g/mol. The van der Waals surface area contributed by atoms with Crippen LogP contribution in [-0.2, 0) is 6.61 Å². The summed E-state index contributed by atoms with van der Waals surface area (Å²) in [7, 11) is 0. The molecule has 0 radical (unpaired) electrons. The number of hydrogen-bond donors (Lipinski definition) is 2. The normalized spacial score (nSPS) is 13.3. The number of primary amides is 1. The van der Waals surface area contributed by atoms with Crippen molar-refractivity contribution in [2.45, 2.75) is 19.4 Å². The predicted octanol–water partition coefficient (Wildman–Crippen LogP) is 3.81. The summed E-state index contributed by atoms with van der Waals surface area (Å²) in [6.07, 6.45) is 2.18. The third-order valence-electron chi connectivity index (χ3n) is 4.99. The first-order valence-electron chi connectivity index (χ1n) is 9.87. The van der Waals surface area contributed by atoms with Gasteiger partial charge in [-0.15, -0.1) is 0 Å². The van der Waals surface area contributed by atoms with E-state index in [1.165, 1.54) is 0 Å². The molecule has 0 spiro atoms. The lowest BCUT2D eigenvalue weighted by Crippen LogP contribution is -2.22. The quantitative estimate of drug-likeness (QED) is 0.623. The van der Waals surface area contributed by atoms with Gasteiger partial charge < -0.3 is 25.1 Å². The predicted molar refractivity (Wildman–Crippen MR) is 114 cm³/mol. The van der Waals surface area contributed by atoms with Gasteiger partial charge in [0.05, 0.1) is 11.4 Å². The number of furan rings is 1. The van der Waals surface area contributed by atoms with Crippen molar-refractivity contribution in [2.24, 2.45) is 5.73 Å². The van der Waals surface area contributed by atoms with Crippen LogP contribution < -0.4 is 20.7 Å². The van der Waals surface area contributed by atoms with Gasteiger partial charge in [-0.2, -0.15) is 0 Å². The third kappa shape index (κ3) is 4.46. The Balaban J connectivity index is 1.48. The topological polar surface area (TPSA) is 97.8 Å². The van der Waals surface area contributed by atoms with Crippen LogP contribution >= 0.6 is 0 Å². The lowest BCUT2D eigenvalue weighted by atomic mass is 10.1. The first kappa shape index (κ1) is 19.6. The van der Waals surface area contributed by atoms with Gasteiger partial charge in [-0.1, -0.05) is 18.2 Å². The van der Waals surface area contributed by atoms with E-state index in [1.807, 2.05) is 36.4 Å². The van der Waals surface area contributed by atoms with Gasteiger partial charge in [0.15, 0.2) is 5.76 Å². The van der Waals surface area contributed by atoms with E-state index in [9.17, 15) is 9.59 Å². The van der Waals surface area contributed by atoms with Crippen LogP contribution in [0, 0.1) is 0 Å². The van der Waals surface area contributed by atoms with Crippen LogP contribution in [0.5, 0.6) is 5.75 Å². The van der Waals surface area contributed by atoms with Crippen molar-refractivity contribution >= 4 is 23.2 Å². The maximum Gasteiger partial charge on any atom is 0.291 e. The monoisotopic (exact) mass is 405 g/mol. The molecule has 0 bridgehead atoms. The summed E-state index contributed by atoms with van der Waals surface area (Å²) in [6, 6.07) is 17.8. The van der Waals surface area contributed by atoms with Crippen molar-refractivity contribution in [3.8, 4) is 5.75 Å². The number of benzene rings is 2. The zero-order chi connectivity index (χ0) is 20.9. The standard InChI is InChI=1S/C23H23N3O4/c24-22(27)16-8-10-20(26-12-4-5-13-26)19(14-16)25-23(28)21-11-9-18(30-21)15-29-17-6-2-1-3-7-17/h1-3,6-11,14H,4-5,12-13,15H2,(H2,24,27)(H,25,28). The number of rotatable bonds is 7. The van der Waals surface area contributed by atoms with E-state index in [0.29, 0.717) is 17.0 Å². The number of anilines is 2. The molecule has 0 unspecified atom stereocenters. The molecule has 2 heterocycles. The Morgan fingerprint density at radius 1 is 1.03 bits per heavy atom. The van der Waals surface area contributed by atoms with Crippen molar-refractivity contribution in [1.29, 1.82) is 0 Å². The van der Waals surface area contributed by atoms with Crippen LogP contribution in [0.25, 0.3) is 0 Å². The molecule has 4 rings (SSSR count). The van der Waals surface area contributed by atoms with Gasteiger partial charge in [0.25, 0.3) is 5.91 Å². The van der Waals surface area contributed by atoms with E-state index in [2.05, 4.69) is 10.2 Å². The molecule has 2 amide bonds. The number of para-hydroxylation sites is 1. The Morgan fingerprint density at radius 2 is 1.80 bits per heavy atom. The fourth-order valence-electron chi connectivity index (χ4n) is 3.46. The highest BCUT2D eigenvalue weighted by atomic mass is 16.5. The van der Waals surface area contributed by atoms with E-state index >= 15 is 0 Å². The molecule has 3 aromatic rings. The molecule has 1 aromatic heterocycles. The second-order valence-electron chi connectivity index (χ2n) is 7.11. The summed E-state index contributed by atoms with van der Waals surface area (Å²) < 4.78 is 11.3. The molecule has 0 atom stereocenters. The Morgan fingerprint density at radius 3 is 2.53 bits per heavy atom. The molecule has 0 saturated carbocycles. The zero-order valence-corrected chi connectivity index (χ0v) is 16.5. The number of carbonyl (C=O) groups excluding carboxylic acids is 2. The van der Waals surface area contributed by atoms with E-state index in [-0.39, 0.29) is 12.4 Å². The van der Waals surface area contributed by atoms with E-state index in [0.717, 1.165) is 37.4 Å². The average Bonchev–Trinajstić information content (AvgIpc) is 3.45. The van der Waals surface area contributed by atoms with Crippen LogP contribution in [0.15, 0.2) is 65.1 Å². The number of nitrogens with zero attached hydrogens (tertiary/aromatic N) is 1. The van der Waals surface area contributed by atoms with Gasteiger partial charge in [-0.3, -0.25) is 9.59 Å². The smallest absolute Gasteiger partial charge is 0.291 e. The summed E-state index contributed by atoms with van der Waals surface area (Å²) in [5.41, 5.74) is 7.16.